The summed E-state index contributed by atoms with van der Waals surface area (Å²) in [5, 5.41) is 19.7. The maximum Gasteiger partial charge on any atom is 0.270 e. The highest BCUT2D eigenvalue weighted by Gasteiger charge is 2.13. The minimum Gasteiger partial charge on any atom is -0.549 e. The number of carboxylic acids is 1. The van der Waals surface area contributed by atoms with Gasteiger partial charge in [-0.2, -0.15) is 5.26 Å². The summed E-state index contributed by atoms with van der Waals surface area (Å²) in [5.41, 5.74) is -0.0133. The first-order valence-corrected chi connectivity index (χ1v) is 7.05. The van der Waals surface area contributed by atoms with E-state index in [1.165, 1.54) is 7.11 Å². The summed E-state index contributed by atoms with van der Waals surface area (Å²) in [6, 6.07) is 8.48. The molecule has 2 rings (SSSR count). The Morgan fingerprint density at radius 3 is 2.68 bits per heavy atom. The number of rotatable bonds is 5. The number of aromatic amines is 1. The van der Waals surface area contributed by atoms with Crippen LogP contribution in [0.1, 0.15) is 5.56 Å². The SMILES string of the molecule is COc1ccc(-c2nc(SCC(=O)[O-])[nH]c(=O)c2C#N)cc1. The molecule has 8 heteroatoms. The van der Waals surface area contributed by atoms with Crippen molar-refractivity contribution < 1.29 is 14.6 Å². The van der Waals surface area contributed by atoms with Crippen molar-refractivity contribution in [1.82, 2.24) is 9.97 Å². The topological polar surface area (TPSA) is 119 Å². The van der Waals surface area contributed by atoms with Gasteiger partial charge in [0.2, 0.25) is 0 Å². The molecule has 0 bridgehead atoms. The zero-order chi connectivity index (χ0) is 16.1. The third kappa shape index (κ3) is 3.45. The Morgan fingerprint density at radius 2 is 2.14 bits per heavy atom. The fourth-order valence-corrected chi connectivity index (χ4v) is 2.28. The van der Waals surface area contributed by atoms with Crippen LogP contribution in [0.15, 0.2) is 34.2 Å². The first-order valence-electron chi connectivity index (χ1n) is 6.06. The lowest BCUT2D eigenvalue weighted by molar-refractivity contribution is -0.301. The van der Waals surface area contributed by atoms with Gasteiger partial charge in [-0.15, -0.1) is 0 Å². The lowest BCUT2D eigenvalue weighted by Crippen LogP contribution is -2.25. The Kier molecular flexibility index (Phi) is 4.80. The summed E-state index contributed by atoms with van der Waals surface area (Å²) in [7, 11) is 1.52. The molecule has 0 aliphatic heterocycles. The number of thioether (sulfide) groups is 1. The molecule has 0 saturated heterocycles. The number of carbonyl (C=O) groups excluding carboxylic acids is 1. The molecule has 1 N–H and O–H groups in total. The molecule has 7 nitrogen and oxygen atoms in total. The number of aliphatic carboxylic acids is 1. The van der Waals surface area contributed by atoms with Crippen LogP contribution in [-0.4, -0.2) is 28.8 Å². The van der Waals surface area contributed by atoms with Gasteiger partial charge in [-0.05, 0) is 24.3 Å². The van der Waals surface area contributed by atoms with Crippen LogP contribution in [0.2, 0.25) is 0 Å². The van der Waals surface area contributed by atoms with Crippen molar-refractivity contribution in [3.05, 3.63) is 40.2 Å². The molecule has 0 fully saturated rings. The van der Waals surface area contributed by atoms with Crippen molar-refractivity contribution in [1.29, 1.82) is 5.26 Å². The highest BCUT2D eigenvalue weighted by atomic mass is 32.2. The van der Waals surface area contributed by atoms with Gasteiger partial charge in [0.15, 0.2) is 5.16 Å². The van der Waals surface area contributed by atoms with E-state index in [2.05, 4.69) is 9.97 Å². The molecular weight excluding hydrogens is 306 g/mol. The Bertz CT molecular complexity index is 793. The number of nitrogens with one attached hydrogen (secondary N) is 1. The lowest BCUT2D eigenvalue weighted by atomic mass is 10.1. The molecule has 0 aliphatic carbocycles. The predicted molar refractivity (Wildman–Crippen MR) is 77.3 cm³/mol. The minimum absolute atomic E-state index is 0.110. The predicted octanol–water partition coefficient (Wildman–Crippen LogP) is 0.159. The van der Waals surface area contributed by atoms with Gasteiger partial charge in [0.1, 0.15) is 17.4 Å². The van der Waals surface area contributed by atoms with Crippen LogP contribution in [0.5, 0.6) is 5.75 Å². The average Bonchev–Trinajstić information content (AvgIpc) is 2.52. The number of nitrogens with zero attached hydrogens (tertiary/aromatic N) is 2. The second-order valence-electron chi connectivity index (χ2n) is 4.10. The summed E-state index contributed by atoms with van der Waals surface area (Å²) >= 11 is 0.816. The molecule has 0 saturated carbocycles. The Balaban J connectivity index is 2.49. The van der Waals surface area contributed by atoms with Crippen LogP contribution in [-0.2, 0) is 4.79 Å². The van der Waals surface area contributed by atoms with Gasteiger partial charge >= 0.3 is 0 Å². The highest BCUT2D eigenvalue weighted by molar-refractivity contribution is 7.99. The van der Waals surface area contributed by atoms with Gasteiger partial charge in [-0.25, -0.2) is 4.98 Å². The molecule has 1 aromatic heterocycles. The van der Waals surface area contributed by atoms with Crippen LogP contribution in [0.25, 0.3) is 11.3 Å². The van der Waals surface area contributed by atoms with Crippen LogP contribution in [0.3, 0.4) is 0 Å². The summed E-state index contributed by atoms with van der Waals surface area (Å²) in [6.45, 7) is 0. The van der Waals surface area contributed by atoms with E-state index in [1.807, 2.05) is 6.07 Å². The zero-order valence-electron chi connectivity index (χ0n) is 11.5. The molecule has 1 aromatic carbocycles. The average molecular weight is 316 g/mol. The number of ether oxygens (including phenoxy) is 1. The largest absolute Gasteiger partial charge is 0.549 e. The summed E-state index contributed by atoms with van der Waals surface area (Å²) in [4.78, 5) is 28.9. The van der Waals surface area contributed by atoms with Crippen molar-refractivity contribution in [3.8, 4) is 23.1 Å². The van der Waals surface area contributed by atoms with Gasteiger partial charge in [-0.1, -0.05) is 11.8 Å². The number of H-pyrrole nitrogens is 1. The standard InChI is InChI=1S/C14H11N3O4S/c1-21-9-4-2-8(3-5-9)12-10(6-15)13(20)17-14(16-12)22-7-11(18)19/h2-5H,7H2,1H3,(H,18,19)(H,16,17,20)/p-1. The molecule has 22 heavy (non-hydrogen) atoms. The van der Waals surface area contributed by atoms with Crippen molar-refractivity contribution in [2.24, 2.45) is 0 Å². The van der Waals surface area contributed by atoms with Gasteiger partial charge in [0.25, 0.3) is 5.56 Å². The number of aromatic nitrogens is 2. The summed E-state index contributed by atoms with van der Waals surface area (Å²) in [5.74, 6) is -1.00. The maximum atomic E-state index is 11.9. The fraction of sp³-hybridized carbons (Fsp3) is 0.143. The number of methoxy groups -OCH3 is 1. The molecule has 0 unspecified atom stereocenters. The molecule has 0 radical (unpaired) electrons. The quantitative estimate of drug-likeness (QED) is 0.616. The smallest absolute Gasteiger partial charge is 0.270 e. The molecule has 0 spiro atoms. The lowest BCUT2D eigenvalue weighted by Gasteiger charge is -2.07. The van der Waals surface area contributed by atoms with E-state index in [0.29, 0.717) is 11.3 Å². The summed E-state index contributed by atoms with van der Waals surface area (Å²) < 4.78 is 5.04. The monoisotopic (exact) mass is 316 g/mol. The molecule has 2 aromatic rings. The van der Waals surface area contributed by atoms with E-state index in [4.69, 9.17) is 10.00 Å². The van der Waals surface area contributed by atoms with Gasteiger partial charge in [0, 0.05) is 11.3 Å². The molecule has 0 amide bonds. The molecular formula is C14H10N3O4S-. The van der Waals surface area contributed by atoms with Crippen molar-refractivity contribution in [2.75, 3.05) is 12.9 Å². The number of carbonyl (C=O) groups is 1. The molecule has 0 aliphatic rings. The Hall–Kier alpha value is -2.79. The second-order valence-corrected chi connectivity index (χ2v) is 5.06. The van der Waals surface area contributed by atoms with E-state index in [-0.39, 0.29) is 22.2 Å². The van der Waals surface area contributed by atoms with Gasteiger partial charge in [-0.3, -0.25) is 4.79 Å². The Labute approximate surface area is 129 Å². The highest BCUT2D eigenvalue weighted by Crippen LogP contribution is 2.24. The molecule has 0 atom stereocenters. The number of hydrogen-bond donors (Lipinski definition) is 1. The Morgan fingerprint density at radius 1 is 1.45 bits per heavy atom. The van der Waals surface area contributed by atoms with Crippen molar-refractivity contribution in [2.45, 2.75) is 5.16 Å². The second kappa shape index (κ2) is 6.78. The van der Waals surface area contributed by atoms with E-state index in [9.17, 15) is 14.7 Å². The van der Waals surface area contributed by atoms with Crippen LogP contribution in [0, 0.1) is 11.3 Å². The number of nitriles is 1. The number of hydrogen-bond acceptors (Lipinski definition) is 7. The molecule has 1 heterocycles. The first kappa shape index (κ1) is 15.6. The van der Waals surface area contributed by atoms with Gasteiger partial charge in [0.05, 0.1) is 18.8 Å². The number of carboxylic acid groups (broad SMARTS) is 1. The van der Waals surface area contributed by atoms with E-state index < -0.39 is 11.5 Å². The van der Waals surface area contributed by atoms with E-state index >= 15 is 0 Å². The zero-order valence-corrected chi connectivity index (χ0v) is 12.3. The normalized spacial score (nSPS) is 10.0. The third-order valence-electron chi connectivity index (χ3n) is 2.70. The van der Waals surface area contributed by atoms with Crippen LogP contribution in [0.4, 0.5) is 0 Å². The third-order valence-corrected chi connectivity index (χ3v) is 3.55. The van der Waals surface area contributed by atoms with Crippen molar-refractivity contribution in [3.63, 3.8) is 0 Å². The maximum absolute atomic E-state index is 11.9. The van der Waals surface area contributed by atoms with Crippen LogP contribution < -0.4 is 15.4 Å². The van der Waals surface area contributed by atoms with E-state index in [1.54, 1.807) is 24.3 Å². The summed E-state index contributed by atoms with van der Waals surface area (Å²) in [6.07, 6.45) is 0. The fourth-order valence-electron chi connectivity index (χ4n) is 1.71. The van der Waals surface area contributed by atoms with E-state index in [0.717, 1.165) is 11.8 Å². The first-order chi connectivity index (χ1) is 10.5. The molecule has 112 valence electrons. The van der Waals surface area contributed by atoms with Crippen molar-refractivity contribution >= 4 is 17.7 Å². The van der Waals surface area contributed by atoms with Crippen LogP contribution >= 0.6 is 11.8 Å². The number of benzene rings is 1. The minimum atomic E-state index is -1.27. The van der Waals surface area contributed by atoms with Gasteiger partial charge < -0.3 is 19.6 Å².